The van der Waals surface area contributed by atoms with Crippen LogP contribution in [0.1, 0.15) is 47.5 Å². The number of nitriles is 1. The first-order valence-corrected chi connectivity index (χ1v) is 11.5. The van der Waals surface area contributed by atoms with E-state index in [-0.39, 0.29) is 33.7 Å². The largest absolute Gasteiger partial charge is 0.493 e. The number of ketones is 1. The number of piperidine rings is 1. The Bertz CT molecular complexity index is 1040. The van der Waals surface area contributed by atoms with Crippen molar-refractivity contribution in [3.63, 3.8) is 0 Å². The van der Waals surface area contributed by atoms with Gasteiger partial charge in [0.2, 0.25) is 5.91 Å². The predicted molar refractivity (Wildman–Crippen MR) is 127 cm³/mol. The van der Waals surface area contributed by atoms with Crippen molar-refractivity contribution in [3.8, 4) is 17.6 Å². The fourth-order valence-corrected chi connectivity index (χ4v) is 4.81. The summed E-state index contributed by atoms with van der Waals surface area (Å²) >= 11 is 12.5. The molecule has 2 aromatic rings. The van der Waals surface area contributed by atoms with Crippen molar-refractivity contribution in [1.29, 1.82) is 5.26 Å². The van der Waals surface area contributed by atoms with Crippen molar-refractivity contribution in [2.75, 3.05) is 27.3 Å². The average molecular weight is 489 g/mol. The van der Waals surface area contributed by atoms with Gasteiger partial charge in [-0.2, -0.15) is 5.26 Å². The summed E-state index contributed by atoms with van der Waals surface area (Å²) in [6, 6.07) is 12.2. The highest BCUT2D eigenvalue weighted by molar-refractivity contribution is 6.39. The van der Waals surface area contributed by atoms with Gasteiger partial charge in [0.25, 0.3) is 0 Å². The summed E-state index contributed by atoms with van der Waals surface area (Å²) in [5.41, 5.74) is 0.814. The molecule has 2 aromatic carbocycles. The number of nitrogens with zero attached hydrogens (tertiary/aromatic N) is 2. The first kappa shape index (κ1) is 24.9. The molecule has 1 aliphatic heterocycles. The molecule has 0 aromatic heterocycles. The molecule has 3 rings (SSSR count). The van der Waals surface area contributed by atoms with E-state index in [1.54, 1.807) is 41.3 Å². The van der Waals surface area contributed by atoms with E-state index in [2.05, 4.69) is 6.07 Å². The third kappa shape index (κ3) is 5.61. The lowest BCUT2D eigenvalue weighted by atomic mass is 9.81. The van der Waals surface area contributed by atoms with Crippen molar-refractivity contribution < 1.29 is 19.1 Å². The smallest absolute Gasteiger partial charge is 0.240 e. The van der Waals surface area contributed by atoms with Crippen molar-refractivity contribution >= 4 is 34.9 Å². The fraction of sp³-hybridized carbons (Fsp3) is 0.400. The lowest BCUT2D eigenvalue weighted by molar-refractivity contribution is -0.135. The predicted octanol–water partition coefficient (Wildman–Crippen LogP) is 5.52. The molecule has 8 heteroatoms. The maximum atomic E-state index is 13.4. The van der Waals surface area contributed by atoms with Crippen LogP contribution in [-0.4, -0.2) is 43.9 Å². The van der Waals surface area contributed by atoms with Crippen LogP contribution in [0.15, 0.2) is 36.4 Å². The van der Waals surface area contributed by atoms with Crippen LogP contribution in [-0.2, 0) is 4.79 Å². The highest BCUT2D eigenvalue weighted by Gasteiger charge is 2.36. The number of carbonyl (C=O) groups is 2. The van der Waals surface area contributed by atoms with E-state index >= 15 is 0 Å². The van der Waals surface area contributed by atoms with Crippen molar-refractivity contribution in [1.82, 2.24) is 4.90 Å². The van der Waals surface area contributed by atoms with Crippen LogP contribution in [0.2, 0.25) is 10.0 Å². The number of amides is 1. The summed E-state index contributed by atoms with van der Waals surface area (Å²) in [4.78, 5) is 28.4. The third-order valence-electron chi connectivity index (χ3n) is 5.96. The summed E-state index contributed by atoms with van der Waals surface area (Å²) in [5.74, 6) is -1.41. The molecular formula is C25H26Cl2N2O4. The number of methoxy groups -OCH3 is 2. The van der Waals surface area contributed by atoms with E-state index < -0.39 is 11.8 Å². The quantitative estimate of drug-likeness (QED) is 0.457. The minimum atomic E-state index is -1.05. The number of hydrogen-bond donors (Lipinski definition) is 0. The van der Waals surface area contributed by atoms with Gasteiger partial charge in [-0.3, -0.25) is 9.59 Å². The zero-order chi connectivity index (χ0) is 24.0. The average Bonchev–Trinajstić information content (AvgIpc) is 2.83. The molecular weight excluding hydrogens is 463 g/mol. The van der Waals surface area contributed by atoms with Gasteiger partial charge in [0, 0.05) is 25.4 Å². The lowest BCUT2D eigenvalue weighted by Gasteiger charge is -2.31. The van der Waals surface area contributed by atoms with Gasteiger partial charge in [-0.05, 0) is 49.1 Å². The summed E-state index contributed by atoms with van der Waals surface area (Å²) in [6.07, 6.45) is 2.75. The summed E-state index contributed by atoms with van der Waals surface area (Å²) in [6.45, 7) is 1.22. The molecule has 1 amide bonds. The number of ether oxygens (including phenoxy) is 2. The van der Waals surface area contributed by atoms with Crippen LogP contribution in [0.4, 0.5) is 0 Å². The van der Waals surface area contributed by atoms with E-state index in [4.69, 9.17) is 32.7 Å². The van der Waals surface area contributed by atoms with Crippen molar-refractivity contribution in [3.05, 3.63) is 57.6 Å². The molecule has 1 heterocycles. The van der Waals surface area contributed by atoms with Crippen LogP contribution >= 0.6 is 23.2 Å². The Balaban J connectivity index is 2.03. The summed E-state index contributed by atoms with van der Waals surface area (Å²) in [5, 5.41) is 10.5. The molecule has 6 nitrogen and oxygen atoms in total. The Morgan fingerprint density at radius 2 is 1.67 bits per heavy atom. The number of halogens is 2. The Morgan fingerprint density at radius 1 is 1.03 bits per heavy atom. The Kier molecular flexibility index (Phi) is 8.60. The molecule has 0 bridgehead atoms. The van der Waals surface area contributed by atoms with E-state index in [9.17, 15) is 14.9 Å². The van der Waals surface area contributed by atoms with Gasteiger partial charge >= 0.3 is 0 Å². The maximum Gasteiger partial charge on any atom is 0.240 e. The maximum absolute atomic E-state index is 13.4. The normalized spacial score (nSPS) is 15.3. The molecule has 1 fully saturated rings. The van der Waals surface area contributed by atoms with Crippen LogP contribution in [0, 0.1) is 17.2 Å². The van der Waals surface area contributed by atoms with Gasteiger partial charge in [0.1, 0.15) is 5.92 Å². The second-order valence-electron chi connectivity index (χ2n) is 7.94. The Morgan fingerprint density at radius 3 is 2.24 bits per heavy atom. The van der Waals surface area contributed by atoms with E-state index in [0.717, 1.165) is 19.3 Å². The van der Waals surface area contributed by atoms with Gasteiger partial charge in [0.05, 0.1) is 35.9 Å². The molecule has 33 heavy (non-hydrogen) atoms. The van der Waals surface area contributed by atoms with Crippen molar-refractivity contribution in [2.45, 2.75) is 31.6 Å². The number of hydrogen-bond acceptors (Lipinski definition) is 5. The molecule has 2 atom stereocenters. The fourth-order valence-electron chi connectivity index (χ4n) is 4.21. The van der Waals surface area contributed by atoms with Crippen LogP contribution in [0.5, 0.6) is 11.5 Å². The summed E-state index contributed by atoms with van der Waals surface area (Å²) in [7, 11) is 3.03. The number of Topliss-reactive ketones (excluding diaryl/α,β-unsaturated/α-hetero) is 1. The SMILES string of the molecule is COc1ccc(C(CC(=O)c2c(Cl)cccc2Cl)C(C#N)C(=O)N2CCCCC2)cc1OC. The second kappa shape index (κ2) is 11.4. The van der Waals surface area contributed by atoms with E-state index in [1.807, 2.05) is 0 Å². The standard InChI is InChI=1S/C25H26Cl2N2O4/c1-32-22-10-9-16(13-23(22)33-2)17(14-21(30)24-19(26)7-6-8-20(24)27)18(15-28)25(31)29-11-4-3-5-12-29/h6-10,13,17-18H,3-5,11-12,14H2,1-2H3. The van der Waals surface area contributed by atoms with Crippen LogP contribution < -0.4 is 9.47 Å². The lowest BCUT2D eigenvalue weighted by Crippen LogP contribution is -2.41. The highest BCUT2D eigenvalue weighted by atomic mass is 35.5. The van der Waals surface area contributed by atoms with Crippen LogP contribution in [0.25, 0.3) is 0 Å². The topological polar surface area (TPSA) is 79.6 Å². The summed E-state index contributed by atoms with van der Waals surface area (Å²) < 4.78 is 10.7. The van der Waals surface area contributed by atoms with E-state index in [0.29, 0.717) is 30.2 Å². The van der Waals surface area contributed by atoms with Gasteiger partial charge < -0.3 is 14.4 Å². The van der Waals surface area contributed by atoms with Gasteiger partial charge in [-0.25, -0.2) is 0 Å². The monoisotopic (exact) mass is 488 g/mol. The third-order valence-corrected chi connectivity index (χ3v) is 6.59. The zero-order valence-electron chi connectivity index (χ0n) is 18.6. The van der Waals surface area contributed by atoms with Gasteiger partial charge in [-0.15, -0.1) is 0 Å². The van der Waals surface area contributed by atoms with E-state index in [1.165, 1.54) is 14.2 Å². The second-order valence-corrected chi connectivity index (χ2v) is 8.75. The molecule has 0 saturated carbocycles. The van der Waals surface area contributed by atoms with Gasteiger partial charge in [-0.1, -0.05) is 35.3 Å². The molecule has 1 aliphatic rings. The highest BCUT2D eigenvalue weighted by Crippen LogP contribution is 2.38. The number of likely N-dealkylation sites (tertiary alicyclic amines) is 1. The number of carbonyl (C=O) groups excluding carboxylic acids is 2. The molecule has 2 unspecified atom stereocenters. The molecule has 0 aliphatic carbocycles. The minimum absolute atomic E-state index is 0.114. The molecule has 0 radical (unpaired) electrons. The first-order valence-electron chi connectivity index (χ1n) is 10.8. The molecule has 1 saturated heterocycles. The Labute approximate surface area is 204 Å². The minimum Gasteiger partial charge on any atom is -0.493 e. The zero-order valence-corrected chi connectivity index (χ0v) is 20.2. The molecule has 174 valence electrons. The van der Waals surface area contributed by atoms with Crippen molar-refractivity contribution in [2.24, 2.45) is 5.92 Å². The Hall–Kier alpha value is -2.75. The molecule has 0 N–H and O–H groups in total. The molecule has 0 spiro atoms. The number of benzene rings is 2. The van der Waals surface area contributed by atoms with Crippen LogP contribution in [0.3, 0.4) is 0 Å². The van der Waals surface area contributed by atoms with Gasteiger partial charge in [0.15, 0.2) is 17.3 Å². The number of rotatable bonds is 8. The first-order chi connectivity index (χ1) is 15.9.